The number of amides is 1. The van der Waals surface area contributed by atoms with Crippen LogP contribution in [0.4, 0.5) is 5.69 Å². The molecule has 0 spiro atoms. The van der Waals surface area contributed by atoms with Crippen molar-refractivity contribution < 1.29 is 9.00 Å². The van der Waals surface area contributed by atoms with E-state index in [1.165, 1.54) is 29.3 Å². The molecule has 34 heavy (non-hydrogen) atoms. The predicted octanol–water partition coefficient (Wildman–Crippen LogP) is 4.96. The molecule has 3 heterocycles. The molecule has 1 unspecified atom stereocenters. The van der Waals surface area contributed by atoms with E-state index in [0.717, 1.165) is 44.5 Å². The van der Waals surface area contributed by atoms with Crippen LogP contribution in [-0.4, -0.2) is 43.0 Å². The van der Waals surface area contributed by atoms with E-state index in [1.54, 1.807) is 17.8 Å². The minimum Gasteiger partial charge on any atom is -0.350 e. The lowest BCUT2D eigenvalue weighted by Crippen LogP contribution is -2.40. The Kier molecular flexibility index (Phi) is 6.38. The topological polar surface area (TPSA) is 67.2 Å². The Labute approximate surface area is 202 Å². The first-order chi connectivity index (χ1) is 16.5. The summed E-state index contributed by atoms with van der Waals surface area (Å²) >= 11 is 0. The average molecular weight is 479 g/mol. The SMILES string of the molecule is CC=S(=O)(Nc1ccc2c(c1)c(C1CCN(C(=O)C3CCCC3)CC1)cn2C)c1cccnc1. The fraction of sp³-hybridized carbons (Fsp3) is 0.444. The molecule has 1 aromatic carbocycles. The minimum atomic E-state index is -2.57. The molecule has 1 amide bonds. The van der Waals surface area contributed by atoms with E-state index < -0.39 is 9.71 Å². The van der Waals surface area contributed by atoms with Gasteiger partial charge in [-0.05, 0) is 79.8 Å². The highest BCUT2D eigenvalue weighted by atomic mass is 32.2. The van der Waals surface area contributed by atoms with E-state index in [1.807, 2.05) is 25.1 Å². The Hall–Kier alpha value is -2.80. The number of carbonyl (C=O) groups excluding carboxylic acids is 1. The Morgan fingerprint density at radius 2 is 1.91 bits per heavy atom. The van der Waals surface area contributed by atoms with E-state index >= 15 is 0 Å². The summed E-state index contributed by atoms with van der Waals surface area (Å²) in [6.07, 6.45) is 12.1. The number of hydrogen-bond donors (Lipinski definition) is 1. The van der Waals surface area contributed by atoms with Gasteiger partial charge in [0.25, 0.3) is 0 Å². The molecule has 3 aromatic rings. The van der Waals surface area contributed by atoms with Crippen LogP contribution in [0.15, 0.2) is 53.8 Å². The standard InChI is InChI=1S/C27H34N4O2S/c1-3-34(33,23-9-6-14-28-18-23)29-22-10-11-26-24(17-22)25(19-30(26)2)20-12-15-31(16-13-20)27(32)21-7-4-5-8-21/h3,6,9-11,14,17-21H,4-5,7-8,12-13,15-16H2,1-2H3,(H,29,33). The number of aromatic nitrogens is 2. The van der Waals surface area contributed by atoms with E-state index in [-0.39, 0.29) is 5.92 Å². The minimum absolute atomic E-state index is 0.257. The normalized spacial score (nSPS) is 19.3. The molecule has 1 saturated carbocycles. The number of anilines is 1. The number of piperidine rings is 1. The van der Waals surface area contributed by atoms with Gasteiger partial charge in [-0.1, -0.05) is 12.8 Å². The lowest BCUT2D eigenvalue weighted by Gasteiger charge is -2.33. The first-order valence-electron chi connectivity index (χ1n) is 12.4. The third-order valence-electron chi connectivity index (χ3n) is 7.56. The van der Waals surface area contributed by atoms with Gasteiger partial charge in [0.2, 0.25) is 5.91 Å². The van der Waals surface area contributed by atoms with E-state index in [9.17, 15) is 9.00 Å². The number of rotatable bonds is 5. The third-order valence-corrected chi connectivity index (χ3v) is 9.70. The Morgan fingerprint density at radius 3 is 2.59 bits per heavy atom. The number of carbonyl (C=O) groups is 1. The Balaban J connectivity index is 1.37. The molecule has 2 aliphatic rings. The first kappa shape index (κ1) is 23.0. The van der Waals surface area contributed by atoms with Crippen LogP contribution in [0.25, 0.3) is 10.9 Å². The number of likely N-dealkylation sites (tertiary alicyclic amines) is 1. The molecule has 1 atom stereocenters. The van der Waals surface area contributed by atoms with Gasteiger partial charge in [-0.2, -0.15) is 0 Å². The monoisotopic (exact) mass is 478 g/mol. The number of aryl methyl sites for hydroxylation is 1. The van der Waals surface area contributed by atoms with E-state index in [0.29, 0.717) is 16.7 Å². The summed E-state index contributed by atoms with van der Waals surface area (Å²) in [7, 11) is -0.492. The summed E-state index contributed by atoms with van der Waals surface area (Å²) in [5.74, 6) is 1.06. The highest BCUT2D eigenvalue weighted by Gasteiger charge is 2.31. The van der Waals surface area contributed by atoms with Crippen LogP contribution < -0.4 is 4.72 Å². The second kappa shape index (κ2) is 9.45. The van der Waals surface area contributed by atoms with Crippen molar-refractivity contribution in [3.63, 3.8) is 0 Å². The van der Waals surface area contributed by atoms with Crippen molar-refractivity contribution >= 4 is 37.6 Å². The van der Waals surface area contributed by atoms with Crippen LogP contribution >= 0.6 is 0 Å². The molecular weight excluding hydrogens is 444 g/mol. The van der Waals surface area contributed by atoms with Gasteiger partial charge < -0.3 is 14.2 Å². The lowest BCUT2D eigenvalue weighted by molar-refractivity contribution is -0.136. The molecule has 1 N–H and O–H groups in total. The summed E-state index contributed by atoms with van der Waals surface area (Å²) in [5.41, 5.74) is 3.32. The molecule has 7 heteroatoms. The Morgan fingerprint density at radius 1 is 1.15 bits per heavy atom. The fourth-order valence-electron chi connectivity index (χ4n) is 5.61. The zero-order valence-corrected chi connectivity index (χ0v) is 20.9. The predicted molar refractivity (Wildman–Crippen MR) is 139 cm³/mol. The smallest absolute Gasteiger partial charge is 0.225 e. The van der Waals surface area contributed by atoms with Gasteiger partial charge in [0, 0.05) is 61.2 Å². The fourth-order valence-corrected chi connectivity index (χ4v) is 7.09. The van der Waals surface area contributed by atoms with Crippen molar-refractivity contribution in [1.82, 2.24) is 14.5 Å². The molecule has 0 bridgehead atoms. The van der Waals surface area contributed by atoms with Crippen molar-refractivity contribution in [3.8, 4) is 0 Å². The first-order valence-corrected chi connectivity index (χ1v) is 14.0. The van der Waals surface area contributed by atoms with Gasteiger partial charge >= 0.3 is 0 Å². The van der Waals surface area contributed by atoms with Gasteiger partial charge in [-0.15, -0.1) is 0 Å². The molecule has 1 aliphatic carbocycles. The number of pyridine rings is 1. The number of fused-ring (bicyclic) bond motifs is 1. The molecule has 0 radical (unpaired) electrons. The maximum absolute atomic E-state index is 13.6. The Bertz CT molecular complexity index is 1290. The summed E-state index contributed by atoms with van der Waals surface area (Å²) in [6, 6.07) is 9.87. The zero-order chi connectivity index (χ0) is 23.7. The molecule has 1 aliphatic heterocycles. The van der Waals surface area contributed by atoms with Crippen molar-refractivity contribution in [2.45, 2.75) is 56.3 Å². The van der Waals surface area contributed by atoms with Crippen LogP contribution in [0.2, 0.25) is 0 Å². The quantitative estimate of drug-likeness (QED) is 0.527. The van der Waals surface area contributed by atoms with E-state index in [4.69, 9.17) is 0 Å². The van der Waals surface area contributed by atoms with Crippen molar-refractivity contribution in [3.05, 3.63) is 54.5 Å². The lowest BCUT2D eigenvalue weighted by atomic mass is 9.88. The molecule has 6 nitrogen and oxygen atoms in total. The molecule has 5 rings (SSSR count). The van der Waals surface area contributed by atoms with Crippen molar-refractivity contribution in [2.75, 3.05) is 17.8 Å². The largest absolute Gasteiger partial charge is 0.350 e. The van der Waals surface area contributed by atoms with Crippen LogP contribution in [-0.2, 0) is 21.5 Å². The highest BCUT2D eigenvalue weighted by molar-refractivity contribution is 8.02. The van der Waals surface area contributed by atoms with Gasteiger partial charge in [0.1, 0.15) is 0 Å². The van der Waals surface area contributed by atoms with Gasteiger partial charge in [-0.3, -0.25) is 9.78 Å². The highest BCUT2D eigenvalue weighted by Crippen LogP contribution is 2.37. The number of nitrogens with zero attached hydrogens (tertiary/aromatic N) is 3. The molecule has 2 aromatic heterocycles. The van der Waals surface area contributed by atoms with Gasteiger partial charge in [0.15, 0.2) is 0 Å². The average Bonchev–Trinajstić information content (AvgIpc) is 3.53. The second-order valence-electron chi connectivity index (χ2n) is 9.64. The number of nitrogens with one attached hydrogen (secondary N) is 1. The van der Waals surface area contributed by atoms with Crippen molar-refractivity contribution in [2.24, 2.45) is 13.0 Å². The van der Waals surface area contributed by atoms with Crippen LogP contribution in [0.1, 0.15) is 56.9 Å². The van der Waals surface area contributed by atoms with Gasteiger partial charge in [-0.25, -0.2) is 4.21 Å². The summed E-state index contributed by atoms with van der Waals surface area (Å²) in [6.45, 7) is 3.50. The van der Waals surface area contributed by atoms with Gasteiger partial charge in [0.05, 0.1) is 14.6 Å². The summed E-state index contributed by atoms with van der Waals surface area (Å²) < 4.78 is 19.1. The second-order valence-corrected chi connectivity index (χ2v) is 12.0. The maximum atomic E-state index is 13.6. The van der Waals surface area contributed by atoms with Crippen LogP contribution in [0.5, 0.6) is 0 Å². The van der Waals surface area contributed by atoms with E-state index in [2.05, 4.69) is 44.6 Å². The van der Waals surface area contributed by atoms with Crippen LogP contribution in [0, 0.1) is 5.92 Å². The molecule has 1 saturated heterocycles. The van der Waals surface area contributed by atoms with Crippen LogP contribution in [0.3, 0.4) is 0 Å². The molecule has 2 fully saturated rings. The zero-order valence-electron chi connectivity index (χ0n) is 20.1. The summed E-state index contributed by atoms with van der Waals surface area (Å²) in [5, 5.41) is 2.91. The van der Waals surface area contributed by atoms with Crippen molar-refractivity contribution in [1.29, 1.82) is 0 Å². The maximum Gasteiger partial charge on any atom is 0.225 e. The molecule has 180 valence electrons. The number of benzene rings is 1. The molecular formula is C27H34N4O2S. The number of hydrogen-bond acceptors (Lipinski definition) is 3. The third kappa shape index (κ3) is 4.33. The summed E-state index contributed by atoms with van der Waals surface area (Å²) in [4.78, 5) is 19.8.